The second-order valence-electron chi connectivity index (χ2n) is 4.23. The zero-order valence-corrected chi connectivity index (χ0v) is 11.2. The Balaban J connectivity index is 2.09. The molecular weight excluding hydrogens is 258 g/mol. The molecule has 94 valence electrons. The molecule has 0 atom stereocenters. The molecule has 0 radical (unpaired) electrons. The first-order chi connectivity index (χ1) is 9.25. The molecular formula is C15H12ClN3. The van der Waals surface area contributed by atoms with Crippen LogP contribution in [0.1, 0.15) is 0 Å². The van der Waals surface area contributed by atoms with Crippen LogP contribution < -0.4 is 4.90 Å². The summed E-state index contributed by atoms with van der Waals surface area (Å²) >= 11 is 6.18. The summed E-state index contributed by atoms with van der Waals surface area (Å²) in [5.41, 5.74) is 0.810. The lowest BCUT2D eigenvalue weighted by Gasteiger charge is -2.17. The Morgan fingerprint density at radius 2 is 1.84 bits per heavy atom. The number of halogens is 1. The van der Waals surface area contributed by atoms with Crippen molar-refractivity contribution in [1.29, 1.82) is 0 Å². The summed E-state index contributed by atoms with van der Waals surface area (Å²) in [6.45, 7) is 0. The van der Waals surface area contributed by atoms with E-state index in [2.05, 4.69) is 9.97 Å². The van der Waals surface area contributed by atoms with Gasteiger partial charge in [-0.3, -0.25) is 0 Å². The van der Waals surface area contributed by atoms with Gasteiger partial charge in [-0.1, -0.05) is 29.8 Å². The van der Waals surface area contributed by atoms with Gasteiger partial charge in [-0.25, -0.2) is 9.97 Å². The lowest BCUT2D eigenvalue weighted by molar-refractivity contribution is 1.09. The first-order valence-corrected chi connectivity index (χ1v) is 6.33. The van der Waals surface area contributed by atoms with Crippen LogP contribution in [0.25, 0.3) is 10.9 Å². The Morgan fingerprint density at radius 1 is 0.947 bits per heavy atom. The van der Waals surface area contributed by atoms with Gasteiger partial charge in [0, 0.05) is 18.6 Å². The first kappa shape index (κ1) is 11.9. The summed E-state index contributed by atoms with van der Waals surface area (Å²) < 4.78 is 0. The zero-order chi connectivity index (χ0) is 13.2. The van der Waals surface area contributed by atoms with Crippen LogP contribution >= 0.6 is 11.6 Å². The topological polar surface area (TPSA) is 29.0 Å². The molecule has 3 aromatic rings. The van der Waals surface area contributed by atoms with E-state index in [0.717, 1.165) is 22.5 Å². The Hall–Kier alpha value is -2.13. The molecule has 4 heteroatoms. The second-order valence-corrected chi connectivity index (χ2v) is 4.64. The van der Waals surface area contributed by atoms with E-state index in [1.165, 1.54) is 0 Å². The first-order valence-electron chi connectivity index (χ1n) is 5.96. The van der Waals surface area contributed by atoms with Crippen molar-refractivity contribution in [2.24, 2.45) is 0 Å². The van der Waals surface area contributed by atoms with Crippen molar-refractivity contribution in [1.82, 2.24) is 9.97 Å². The summed E-state index contributed by atoms with van der Waals surface area (Å²) in [6.07, 6.45) is 1.76. The highest BCUT2D eigenvalue weighted by molar-refractivity contribution is 6.35. The van der Waals surface area contributed by atoms with E-state index >= 15 is 0 Å². The highest BCUT2D eigenvalue weighted by Crippen LogP contribution is 2.26. The van der Waals surface area contributed by atoms with Gasteiger partial charge >= 0.3 is 0 Å². The van der Waals surface area contributed by atoms with Crippen LogP contribution in [0, 0.1) is 0 Å². The minimum absolute atomic E-state index is 0.661. The van der Waals surface area contributed by atoms with E-state index < -0.39 is 0 Å². The van der Waals surface area contributed by atoms with Crippen LogP contribution in [0.3, 0.4) is 0 Å². The predicted molar refractivity (Wildman–Crippen MR) is 79.1 cm³/mol. The van der Waals surface area contributed by atoms with E-state index in [1.807, 2.05) is 60.5 Å². The molecule has 1 aromatic carbocycles. The number of rotatable bonds is 2. The third kappa shape index (κ3) is 2.25. The molecule has 0 saturated carbocycles. The number of fused-ring (bicyclic) bond motifs is 1. The van der Waals surface area contributed by atoms with Crippen LogP contribution in [-0.4, -0.2) is 17.0 Å². The lowest BCUT2D eigenvalue weighted by Crippen LogP contribution is -2.12. The standard InChI is InChI=1S/C15H12ClN3/c1-19(13-7-2-3-10-17-13)14-9-8-11-5-4-6-12(16)15(11)18-14/h2-10H,1H3. The van der Waals surface area contributed by atoms with Gasteiger partial charge in [-0.15, -0.1) is 0 Å². The molecule has 0 amide bonds. The number of hydrogen-bond donors (Lipinski definition) is 0. The summed E-state index contributed by atoms with van der Waals surface area (Å²) in [5, 5.41) is 1.69. The quantitative estimate of drug-likeness (QED) is 0.703. The van der Waals surface area contributed by atoms with Gasteiger partial charge in [-0.05, 0) is 30.3 Å². The molecule has 0 N–H and O–H groups in total. The highest BCUT2D eigenvalue weighted by atomic mass is 35.5. The zero-order valence-electron chi connectivity index (χ0n) is 10.4. The monoisotopic (exact) mass is 269 g/mol. The molecule has 3 nitrogen and oxygen atoms in total. The number of para-hydroxylation sites is 1. The molecule has 2 aromatic heterocycles. The van der Waals surface area contributed by atoms with E-state index in [9.17, 15) is 0 Å². The SMILES string of the molecule is CN(c1ccccn1)c1ccc2cccc(Cl)c2n1. The van der Waals surface area contributed by atoms with Gasteiger partial charge in [0.05, 0.1) is 10.5 Å². The molecule has 0 aliphatic heterocycles. The molecule has 0 unspecified atom stereocenters. The molecule has 0 bridgehead atoms. The average Bonchev–Trinajstić information content (AvgIpc) is 2.47. The summed E-state index contributed by atoms with van der Waals surface area (Å²) in [5.74, 6) is 1.67. The highest BCUT2D eigenvalue weighted by Gasteiger charge is 2.08. The summed E-state index contributed by atoms with van der Waals surface area (Å²) in [7, 11) is 1.94. The van der Waals surface area contributed by atoms with Gasteiger partial charge in [-0.2, -0.15) is 0 Å². The van der Waals surface area contributed by atoms with Gasteiger partial charge < -0.3 is 4.90 Å². The maximum absolute atomic E-state index is 6.18. The van der Waals surface area contributed by atoms with Gasteiger partial charge in [0.1, 0.15) is 11.6 Å². The van der Waals surface area contributed by atoms with E-state index in [-0.39, 0.29) is 0 Å². The Morgan fingerprint density at radius 3 is 2.63 bits per heavy atom. The molecule has 0 aliphatic rings. The van der Waals surface area contributed by atoms with E-state index in [0.29, 0.717) is 5.02 Å². The van der Waals surface area contributed by atoms with Gasteiger partial charge in [0.15, 0.2) is 0 Å². The molecule has 19 heavy (non-hydrogen) atoms. The maximum atomic E-state index is 6.18. The predicted octanol–water partition coefficient (Wildman–Crippen LogP) is 4.05. The van der Waals surface area contributed by atoms with E-state index in [4.69, 9.17) is 11.6 Å². The molecule has 0 spiro atoms. The fraction of sp³-hybridized carbons (Fsp3) is 0.0667. The maximum Gasteiger partial charge on any atom is 0.134 e. The van der Waals surface area contributed by atoms with Crippen LogP contribution in [0.5, 0.6) is 0 Å². The van der Waals surface area contributed by atoms with Crippen LogP contribution in [-0.2, 0) is 0 Å². The Bertz CT molecular complexity index is 713. The van der Waals surface area contributed by atoms with Crippen molar-refractivity contribution in [3.8, 4) is 0 Å². The minimum atomic E-state index is 0.661. The van der Waals surface area contributed by atoms with Crippen molar-refractivity contribution in [3.05, 3.63) is 59.8 Å². The van der Waals surface area contributed by atoms with Crippen molar-refractivity contribution in [3.63, 3.8) is 0 Å². The summed E-state index contributed by atoms with van der Waals surface area (Å²) in [4.78, 5) is 10.8. The van der Waals surface area contributed by atoms with Gasteiger partial charge in [0.25, 0.3) is 0 Å². The van der Waals surface area contributed by atoms with Crippen LogP contribution in [0.4, 0.5) is 11.6 Å². The van der Waals surface area contributed by atoms with Crippen molar-refractivity contribution in [2.75, 3.05) is 11.9 Å². The lowest BCUT2D eigenvalue weighted by atomic mass is 10.2. The number of nitrogens with zero attached hydrogens (tertiary/aromatic N) is 3. The number of hydrogen-bond acceptors (Lipinski definition) is 3. The Labute approximate surface area is 116 Å². The Kier molecular flexibility index (Phi) is 3.05. The third-order valence-corrected chi connectivity index (χ3v) is 3.30. The normalized spacial score (nSPS) is 10.6. The fourth-order valence-corrected chi connectivity index (χ4v) is 2.18. The van der Waals surface area contributed by atoms with Gasteiger partial charge in [0.2, 0.25) is 0 Å². The summed E-state index contributed by atoms with van der Waals surface area (Å²) in [6, 6.07) is 15.5. The minimum Gasteiger partial charge on any atom is -0.314 e. The number of pyridine rings is 2. The molecule has 0 fully saturated rings. The largest absolute Gasteiger partial charge is 0.314 e. The smallest absolute Gasteiger partial charge is 0.134 e. The fourth-order valence-electron chi connectivity index (χ4n) is 1.96. The van der Waals surface area contributed by atoms with Crippen molar-refractivity contribution >= 4 is 34.1 Å². The number of benzene rings is 1. The average molecular weight is 270 g/mol. The van der Waals surface area contributed by atoms with E-state index in [1.54, 1.807) is 6.20 Å². The molecule has 2 heterocycles. The number of anilines is 2. The van der Waals surface area contributed by atoms with Crippen molar-refractivity contribution in [2.45, 2.75) is 0 Å². The second kappa shape index (κ2) is 4.86. The third-order valence-electron chi connectivity index (χ3n) is 2.99. The molecule has 0 aliphatic carbocycles. The number of aromatic nitrogens is 2. The molecule has 3 rings (SSSR count). The molecule has 0 saturated heterocycles. The van der Waals surface area contributed by atoms with Crippen molar-refractivity contribution < 1.29 is 0 Å². The van der Waals surface area contributed by atoms with Crippen LogP contribution in [0.15, 0.2) is 54.7 Å². The van der Waals surface area contributed by atoms with Crippen LogP contribution in [0.2, 0.25) is 5.02 Å².